The quantitative estimate of drug-likeness (QED) is 0.755. The fourth-order valence-corrected chi connectivity index (χ4v) is 1.56. The van der Waals surface area contributed by atoms with Gasteiger partial charge in [-0.15, -0.1) is 0 Å². The van der Waals surface area contributed by atoms with Crippen LogP contribution in [-0.4, -0.2) is 32.3 Å². The Bertz CT molecular complexity index is 424. The predicted molar refractivity (Wildman–Crippen MR) is 71.2 cm³/mol. The molecule has 0 heterocycles. The number of ether oxygens (including phenoxy) is 2. The molecule has 0 fully saturated rings. The standard InChI is InChI=1S/C13H20N2O4/c1-13(2,8-19-14)15-12(16)9-5-10(17-3)7-11(6-9)18-4/h5-7H,8,14H2,1-4H3,(H,15,16). The molecule has 0 aliphatic carbocycles. The molecule has 0 spiro atoms. The first-order chi connectivity index (χ1) is 8.91. The Morgan fingerprint density at radius 1 is 1.21 bits per heavy atom. The minimum atomic E-state index is -0.567. The lowest BCUT2D eigenvalue weighted by Gasteiger charge is -2.25. The third-order valence-corrected chi connectivity index (χ3v) is 2.51. The van der Waals surface area contributed by atoms with Crippen LogP contribution in [0.1, 0.15) is 24.2 Å². The van der Waals surface area contributed by atoms with Gasteiger partial charge in [-0.05, 0) is 26.0 Å². The van der Waals surface area contributed by atoms with Crippen molar-refractivity contribution in [3.8, 4) is 11.5 Å². The Labute approximate surface area is 112 Å². The van der Waals surface area contributed by atoms with E-state index in [1.165, 1.54) is 14.2 Å². The second-order valence-electron chi connectivity index (χ2n) is 4.75. The fraction of sp³-hybridized carbons (Fsp3) is 0.462. The van der Waals surface area contributed by atoms with Gasteiger partial charge in [0.05, 0.1) is 26.4 Å². The molecule has 3 N–H and O–H groups in total. The Morgan fingerprint density at radius 3 is 2.16 bits per heavy atom. The number of amides is 1. The molecule has 6 heteroatoms. The summed E-state index contributed by atoms with van der Waals surface area (Å²) >= 11 is 0. The third-order valence-electron chi connectivity index (χ3n) is 2.51. The third kappa shape index (κ3) is 4.42. The van der Waals surface area contributed by atoms with Gasteiger partial charge in [-0.25, -0.2) is 5.90 Å². The van der Waals surface area contributed by atoms with Gasteiger partial charge in [-0.3, -0.25) is 4.79 Å². The molecule has 1 aromatic rings. The van der Waals surface area contributed by atoms with E-state index in [0.29, 0.717) is 17.1 Å². The van der Waals surface area contributed by atoms with Crippen LogP contribution < -0.4 is 20.7 Å². The van der Waals surface area contributed by atoms with Crippen molar-refractivity contribution in [3.63, 3.8) is 0 Å². The number of methoxy groups -OCH3 is 2. The summed E-state index contributed by atoms with van der Waals surface area (Å²) in [6.45, 7) is 3.84. The first-order valence-electron chi connectivity index (χ1n) is 5.79. The van der Waals surface area contributed by atoms with Crippen LogP contribution in [0.4, 0.5) is 0 Å². The average molecular weight is 268 g/mol. The van der Waals surface area contributed by atoms with E-state index >= 15 is 0 Å². The molecule has 6 nitrogen and oxygen atoms in total. The highest BCUT2D eigenvalue weighted by Crippen LogP contribution is 2.22. The largest absolute Gasteiger partial charge is 0.497 e. The van der Waals surface area contributed by atoms with Gasteiger partial charge in [-0.1, -0.05) is 0 Å². The Morgan fingerprint density at radius 2 is 1.74 bits per heavy atom. The Kier molecular flexibility index (Phi) is 5.14. The van der Waals surface area contributed by atoms with Crippen LogP contribution in [-0.2, 0) is 4.84 Å². The van der Waals surface area contributed by atoms with Crippen LogP contribution in [0.3, 0.4) is 0 Å². The summed E-state index contributed by atoms with van der Waals surface area (Å²) in [5.41, 5.74) is -0.122. The number of carbonyl (C=O) groups excluding carboxylic acids is 1. The smallest absolute Gasteiger partial charge is 0.252 e. The van der Waals surface area contributed by atoms with E-state index < -0.39 is 5.54 Å². The molecule has 0 aliphatic rings. The van der Waals surface area contributed by atoms with Gasteiger partial charge in [-0.2, -0.15) is 0 Å². The highest BCUT2D eigenvalue weighted by molar-refractivity contribution is 5.95. The van der Waals surface area contributed by atoms with E-state index in [2.05, 4.69) is 10.2 Å². The lowest BCUT2D eigenvalue weighted by atomic mass is 10.1. The minimum Gasteiger partial charge on any atom is -0.497 e. The summed E-state index contributed by atoms with van der Waals surface area (Å²) in [5, 5.41) is 2.82. The molecule has 19 heavy (non-hydrogen) atoms. The number of hydrogen-bond acceptors (Lipinski definition) is 5. The maximum absolute atomic E-state index is 12.2. The average Bonchev–Trinajstić information content (AvgIpc) is 2.37. The van der Waals surface area contributed by atoms with Gasteiger partial charge in [0.15, 0.2) is 0 Å². The van der Waals surface area contributed by atoms with Gasteiger partial charge in [0.25, 0.3) is 5.91 Å². The summed E-state index contributed by atoms with van der Waals surface area (Å²) in [7, 11) is 3.06. The van der Waals surface area contributed by atoms with E-state index in [4.69, 9.17) is 15.4 Å². The van der Waals surface area contributed by atoms with Crippen LogP contribution in [0.25, 0.3) is 0 Å². The number of nitrogens with two attached hydrogens (primary N) is 1. The number of nitrogens with one attached hydrogen (secondary N) is 1. The minimum absolute atomic E-state index is 0.208. The fourth-order valence-electron chi connectivity index (χ4n) is 1.56. The molecule has 0 saturated heterocycles. The summed E-state index contributed by atoms with van der Waals surface area (Å²) in [6, 6.07) is 4.97. The van der Waals surface area contributed by atoms with Gasteiger partial charge in [0.1, 0.15) is 11.5 Å². The van der Waals surface area contributed by atoms with Crippen molar-refractivity contribution in [1.82, 2.24) is 5.32 Å². The molecule has 0 radical (unpaired) electrons. The van der Waals surface area contributed by atoms with Crippen molar-refractivity contribution in [1.29, 1.82) is 0 Å². The summed E-state index contributed by atoms with van der Waals surface area (Å²) in [5.74, 6) is 5.88. The van der Waals surface area contributed by atoms with Crippen LogP contribution in [0.5, 0.6) is 11.5 Å². The first kappa shape index (κ1) is 15.3. The topological polar surface area (TPSA) is 82.8 Å². The number of benzene rings is 1. The first-order valence-corrected chi connectivity index (χ1v) is 5.79. The van der Waals surface area contributed by atoms with Crippen LogP contribution in [0.15, 0.2) is 18.2 Å². The van der Waals surface area contributed by atoms with Crippen LogP contribution >= 0.6 is 0 Å². The van der Waals surface area contributed by atoms with E-state index in [9.17, 15) is 4.79 Å². The second-order valence-corrected chi connectivity index (χ2v) is 4.75. The van der Waals surface area contributed by atoms with Crippen molar-refractivity contribution in [2.24, 2.45) is 5.90 Å². The number of carbonyl (C=O) groups is 1. The highest BCUT2D eigenvalue weighted by atomic mass is 16.6. The SMILES string of the molecule is COc1cc(OC)cc(C(=O)NC(C)(C)CON)c1. The van der Waals surface area contributed by atoms with Crippen molar-refractivity contribution >= 4 is 5.91 Å². The van der Waals surface area contributed by atoms with Gasteiger partial charge >= 0.3 is 0 Å². The molecule has 0 aliphatic heterocycles. The maximum atomic E-state index is 12.2. The zero-order chi connectivity index (χ0) is 14.5. The van der Waals surface area contributed by atoms with Gasteiger partial charge < -0.3 is 19.6 Å². The Hall–Kier alpha value is -1.79. The van der Waals surface area contributed by atoms with Gasteiger partial charge in [0, 0.05) is 11.6 Å². The van der Waals surface area contributed by atoms with Crippen LogP contribution in [0.2, 0.25) is 0 Å². The summed E-state index contributed by atoms with van der Waals surface area (Å²) in [6.07, 6.45) is 0. The molecule has 0 bridgehead atoms. The van der Waals surface area contributed by atoms with E-state index in [0.717, 1.165) is 0 Å². The summed E-state index contributed by atoms with van der Waals surface area (Å²) < 4.78 is 10.2. The lowest BCUT2D eigenvalue weighted by Crippen LogP contribution is -2.47. The predicted octanol–water partition coefficient (Wildman–Crippen LogP) is 1.10. The summed E-state index contributed by atoms with van der Waals surface area (Å²) in [4.78, 5) is 16.7. The van der Waals surface area contributed by atoms with Gasteiger partial charge in [0.2, 0.25) is 0 Å². The molecule has 0 unspecified atom stereocenters. The molecule has 1 aromatic carbocycles. The van der Waals surface area contributed by atoms with E-state index in [1.54, 1.807) is 18.2 Å². The Balaban J connectivity index is 2.93. The zero-order valence-electron chi connectivity index (χ0n) is 11.6. The maximum Gasteiger partial charge on any atom is 0.252 e. The van der Waals surface area contributed by atoms with E-state index in [1.807, 2.05) is 13.8 Å². The monoisotopic (exact) mass is 268 g/mol. The molecule has 1 amide bonds. The van der Waals surface area contributed by atoms with Crippen molar-refractivity contribution in [2.45, 2.75) is 19.4 Å². The lowest BCUT2D eigenvalue weighted by molar-refractivity contribution is 0.0687. The zero-order valence-corrected chi connectivity index (χ0v) is 11.6. The molecular weight excluding hydrogens is 248 g/mol. The number of rotatable bonds is 6. The molecule has 0 saturated carbocycles. The highest BCUT2D eigenvalue weighted by Gasteiger charge is 2.22. The van der Waals surface area contributed by atoms with Crippen molar-refractivity contribution in [3.05, 3.63) is 23.8 Å². The van der Waals surface area contributed by atoms with Crippen molar-refractivity contribution in [2.75, 3.05) is 20.8 Å². The second kappa shape index (κ2) is 6.40. The van der Waals surface area contributed by atoms with Crippen LogP contribution in [0, 0.1) is 0 Å². The molecule has 1 rings (SSSR count). The van der Waals surface area contributed by atoms with E-state index in [-0.39, 0.29) is 12.5 Å². The molecule has 106 valence electrons. The molecule has 0 atom stereocenters. The van der Waals surface area contributed by atoms with Crippen molar-refractivity contribution < 1.29 is 19.1 Å². The molecule has 0 aromatic heterocycles. The molecular formula is C13H20N2O4. The normalized spacial score (nSPS) is 11.0. The number of hydrogen-bond donors (Lipinski definition) is 2.